The second-order valence-electron chi connectivity index (χ2n) is 10.1. The summed E-state index contributed by atoms with van der Waals surface area (Å²) >= 11 is 0. The lowest BCUT2D eigenvalue weighted by Gasteiger charge is -2.16. The number of primary amides is 1. The van der Waals surface area contributed by atoms with Crippen LogP contribution in [0.15, 0.2) is 54.7 Å². The number of ether oxygens (including phenoxy) is 2. The van der Waals surface area contributed by atoms with Gasteiger partial charge in [0.15, 0.2) is 17.3 Å². The van der Waals surface area contributed by atoms with Gasteiger partial charge in [0, 0.05) is 43.4 Å². The maximum atomic E-state index is 15.2. The number of hydrogen-bond donors (Lipinski definition) is 2. The monoisotopic (exact) mass is 534 g/mol. The maximum Gasteiger partial charge on any atom is 0.322 e. The first kappa shape index (κ1) is 27.0. The lowest BCUT2D eigenvalue weighted by Crippen LogP contribution is -2.22. The average Bonchev–Trinajstić information content (AvgIpc) is 3.23. The van der Waals surface area contributed by atoms with Crippen LogP contribution >= 0.6 is 0 Å². The third-order valence-corrected chi connectivity index (χ3v) is 7.48. The molecule has 2 aromatic heterocycles. The molecule has 38 heavy (non-hydrogen) atoms. The quantitative estimate of drug-likeness (QED) is 0.162. The Balaban J connectivity index is 1.76. The SMILES string of the molecule is Cc1ccnc(Oc2ccc(-c3c(C(N)=O)nn(COCC[Si](C)(C)C)c3-c3ccc(N)cc3)cc2F)n1. The molecule has 9 nitrogen and oxygen atoms in total. The Morgan fingerprint density at radius 3 is 2.42 bits per heavy atom. The minimum absolute atomic E-state index is 0.000655. The molecular weight excluding hydrogens is 503 g/mol. The summed E-state index contributed by atoms with van der Waals surface area (Å²) < 4.78 is 28.3. The standard InChI is InChI=1S/C27H31FN6O3Si/c1-17-11-12-31-27(32-17)37-22-10-7-19(15-21(22)28)23-24(26(30)35)33-34(16-36-13-14-38(2,3)4)25(23)18-5-8-20(29)9-6-18/h5-12,15H,13-14,16,29H2,1-4H3,(H2,30,35). The van der Waals surface area contributed by atoms with E-state index in [9.17, 15) is 4.79 Å². The summed E-state index contributed by atoms with van der Waals surface area (Å²) in [6.07, 6.45) is 1.53. The van der Waals surface area contributed by atoms with Gasteiger partial charge in [-0.1, -0.05) is 37.8 Å². The molecule has 4 N–H and O–H groups in total. The van der Waals surface area contributed by atoms with Crippen LogP contribution in [0, 0.1) is 12.7 Å². The number of carbonyl (C=O) groups is 1. The third-order valence-electron chi connectivity index (χ3n) is 5.77. The number of nitrogens with two attached hydrogens (primary N) is 2. The van der Waals surface area contributed by atoms with E-state index in [2.05, 4.69) is 34.7 Å². The molecule has 0 aliphatic rings. The van der Waals surface area contributed by atoms with Gasteiger partial charge in [0.25, 0.3) is 5.91 Å². The highest BCUT2D eigenvalue weighted by molar-refractivity contribution is 6.76. The number of anilines is 1. The zero-order valence-electron chi connectivity index (χ0n) is 21.9. The Bertz CT molecular complexity index is 1450. The minimum Gasteiger partial charge on any atom is -0.421 e. The first-order chi connectivity index (χ1) is 18.0. The van der Waals surface area contributed by atoms with Crippen molar-refractivity contribution in [3.63, 3.8) is 0 Å². The first-order valence-corrected chi connectivity index (χ1v) is 15.8. The van der Waals surface area contributed by atoms with Crippen LogP contribution in [0.25, 0.3) is 22.4 Å². The molecule has 0 radical (unpaired) electrons. The van der Waals surface area contributed by atoms with Gasteiger partial charge in [0.05, 0.1) is 5.69 Å². The normalized spacial score (nSPS) is 11.5. The molecule has 0 unspecified atom stereocenters. The van der Waals surface area contributed by atoms with Gasteiger partial charge >= 0.3 is 6.01 Å². The number of halogens is 1. The highest BCUT2D eigenvalue weighted by atomic mass is 28.3. The molecule has 0 atom stereocenters. The molecule has 4 aromatic rings. The molecule has 0 fully saturated rings. The molecule has 0 saturated heterocycles. The van der Waals surface area contributed by atoms with E-state index < -0.39 is 19.8 Å². The Kier molecular flexibility index (Phi) is 7.88. The fraction of sp³-hybridized carbons (Fsp3) is 0.259. The van der Waals surface area contributed by atoms with E-state index in [1.54, 1.807) is 35.9 Å². The van der Waals surface area contributed by atoms with Crippen molar-refractivity contribution in [2.75, 3.05) is 12.3 Å². The zero-order chi connectivity index (χ0) is 27.4. The Labute approximate surface area is 221 Å². The van der Waals surface area contributed by atoms with E-state index in [1.807, 2.05) is 12.1 Å². The van der Waals surface area contributed by atoms with Crippen molar-refractivity contribution < 1.29 is 18.7 Å². The maximum absolute atomic E-state index is 15.2. The molecule has 0 bridgehead atoms. The van der Waals surface area contributed by atoms with Crippen LogP contribution in [0.1, 0.15) is 16.2 Å². The lowest BCUT2D eigenvalue weighted by atomic mass is 9.98. The van der Waals surface area contributed by atoms with Gasteiger partial charge in [-0.2, -0.15) is 5.10 Å². The number of aryl methyl sites for hydroxylation is 1. The predicted octanol–water partition coefficient (Wildman–Crippen LogP) is 5.24. The fourth-order valence-electron chi connectivity index (χ4n) is 3.78. The molecule has 4 rings (SSSR count). The number of nitrogens with zero attached hydrogens (tertiary/aromatic N) is 4. The largest absolute Gasteiger partial charge is 0.421 e. The number of rotatable bonds is 10. The average molecular weight is 535 g/mol. The van der Waals surface area contributed by atoms with E-state index in [0.29, 0.717) is 34.8 Å². The van der Waals surface area contributed by atoms with Crippen molar-refractivity contribution in [1.82, 2.24) is 19.7 Å². The molecule has 11 heteroatoms. The van der Waals surface area contributed by atoms with Crippen molar-refractivity contribution in [3.05, 3.63) is 71.9 Å². The number of hydrogen-bond acceptors (Lipinski definition) is 7. The van der Waals surface area contributed by atoms with Crippen molar-refractivity contribution >= 4 is 19.7 Å². The van der Waals surface area contributed by atoms with E-state index in [-0.39, 0.29) is 24.2 Å². The molecule has 1 amide bonds. The summed E-state index contributed by atoms with van der Waals surface area (Å²) in [6, 6.07) is 14.2. The van der Waals surface area contributed by atoms with Crippen LogP contribution in [-0.4, -0.2) is 40.3 Å². The van der Waals surface area contributed by atoms with Crippen molar-refractivity contribution in [1.29, 1.82) is 0 Å². The van der Waals surface area contributed by atoms with Gasteiger partial charge in [-0.15, -0.1) is 0 Å². The second kappa shape index (κ2) is 11.1. The predicted molar refractivity (Wildman–Crippen MR) is 147 cm³/mol. The minimum atomic E-state index is -1.30. The third kappa shape index (κ3) is 6.42. The van der Waals surface area contributed by atoms with E-state index >= 15 is 4.39 Å². The van der Waals surface area contributed by atoms with Gasteiger partial charge in [0.2, 0.25) is 0 Å². The summed E-state index contributed by atoms with van der Waals surface area (Å²) in [5.74, 6) is -1.46. The molecule has 198 valence electrons. The number of nitrogen functional groups attached to an aromatic ring is 1. The first-order valence-electron chi connectivity index (χ1n) is 12.1. The molecular formula is C27H31FN6O3Si. The number of aromatic nitrogens is 4. The molecule has 2 aromatic carbocycles. The zero-order valence-corrected chi connectivity index (χ0v) is 22.9. The topological polar surface area (TPSA) is 131 Å². The molecule has 0 saturated carbocycles. The van der Waals surface area contributed by atoms with Crippen LogP contribution in [0.3, 0.4) is 0 Å². The summed E-state index contributed by atoms with van der Waals surface area (Å²) in [6.45, 7) is 9.23. The van der Waals surface area contributed by atoms with Crippen molar-refractivity contribution in [2.24, 2.45) is 5.73 Å². The summed E-state index contributed by atoms with van der Waals surface area (Å²) in [5.41, 5.74) is 15.0. The summed E-state index contributed by atoms with van der Waals surface area (Å²) in [5, 5.41) is 4.47. The van der Waals surface area contributed by atoms with Crippen LogP contribution < -0.4 is 16.2 Å². The van der Waals surface area contributed by atoms with Crippen molar-refractivity contribution in [2.45, 2.75) is 39.3 Å². The molecule has 2 heterocycles. The molecule has 0 spiro atoms. The smallest absolute Gasteiger partial charge is 0.322 e. The number of carbonyl (C=O) groups excluding carboxylic acids is 1. The van der Waals surface area contributed by atoms with E-state index in [4.69, 9.17) is 20.9 Å². The Morgan fingerprint density at radius 2 is 1.79 bits per heavy atom. The number of amides is 1. The molecule has 0 aliphatic carbocycles. The Morgan fingerprint density at radius 1 is 1.08 bits per heavy atom. The number of benzene rings is 2. The van der Waals surface area contributed by atoms with Gasteiger partial charge in [-0.3, -0.25) is 4.79 Å². The van der Waals surface area contributed by atoms with E-state index in [1.165, 1.54) is 18.3 Å². The summed E-state index contributed by atoms with van der Waals surface area (Å²) in [4.78, 5) is 20.6. The van der Waals surface area contributed by atoms with Gasteiger partial charge in [-0.25, -0.2) is 19.0 Å². The highest BCUT2D eigenvalue weighted by Crippen LogP contribution is 2.37. The fourth-order valence-corrected chi connectivity index (χ4v) is 4.53. The van der Waals surface area contributed by atoms with Gasteiger partial charge in [-0.05, 0) is 48.9 Å². The van der Waals surface area contributed by atoms with Crippen LogP contribution in [0.5, 0.6) is 11.8 Å². The van der Waals surface area contributed by atoms with Gasteiger partial charge < -0.3 is 20.9 Å². The van der Waals surface area contributed by atoms with Crippen LogP contribution in [0.2, 0.25) is 25.7 Å². The van der Waals surface area contributed by atoms with Crippen molar-refractivity contribution in [3.8, 4) is 34.1 Å². The second-order valence-corrected chi connectivity index (χ2v) is 15.8. The van der Waals surface area contributed by atoms with Crippen LogP contribution in [0.4, 0.5) is 10.1 Å². The Hall–Kier alpha value is -4.09. The van der Waals surface area contributed by atoms with E-state index in [0.717, 1.165) is 11.6 Å². The van der Waals surface area contributed by atoms with Crippen LogP contribution in [-0.2, 0) is 11.5 Å². The summed E-state index contributed by atoms with van der Waals surface area (Å²) in [7, 11) is -1.30. The molecule has 0 aliphatic heterocycles. The van der Waals surface area contributed by atoms with Gasteiger partial charge in [0.1, 0.15) is 6.73 Å². The lowest BCUT2D eigenvalue weighted by molar-refractivity contribution is 0.0790. The highest BCUT2D eigenvalue weighted by Gasteiger charge is 2.25.